The Morgan fingerprint density at radius 2 is 1.80 bits per heavy atom. The third-order valence-corrected chi connectivity index (χ3v) is 4.79. The van der Waals surface area contributed by atoms with Gasteiger partial charge in [0.1, 0.15) is 0 Å². The third kappa shape index (κ3) is 2.07. The first-order chi connectivity index (χ1) is 7.18. The van der Waals surface area contributed by atoms with Crippen molar-refractivity contribution in [1.29, 1.82) is 0 Å². The largest absolute Gasteiger partial charge is 0.377 e. The van der Waals surface area contributed by atoms with Crippen LogP contribution in [-0.4, -0.2) is 18.8 Å². The molecule has 2 saturated carbocycles. The zero-order valence-electron chi connectivity index (χ0n) is 10.2. The predicted octanol–water partition coefficient (Wildman–Crippen LogP) is 2.71. The van der Waals surface area contributed by atoms with Crippen LogP contribution in [0.3, 0.4) is 0 Å². The molecule has 0 radical (unpaired) electrons. The summed E-state index contributed by atoms with van der Waals surface area (Å²) in [7, 11) is 1.86. The van der Waals surface area contributed by atoms with Crippen molar-refractivity contribution >= 4 is 0 Å². The van der Waals surface area contributed by atoms with Crippen LogP contribution in [0.2, 0.25) is 0 Å². The second kappa shape index (κ2) is 4.42. The van der Waals surface area contributed by atoms with Gasteiger partial charge < -0.3 is 10.5 Å². The summed E-state index contributed by atoms with van der Waals surface area (Å²) in [5.41, 5.74) is 6.43. The monoisotopic (exact) mass is 211 g/mol. The first-order valence-corrected chi connectivity index (χ1v) is 6.49. The molecular weight excluding hydrogens is 186 g/mol. The summed E-state index contributed by atoms with van der Waals surface area (Å²) in [6, 6.07) is 0.281. The maximum Gasteiger partial charge on any atom is 0.0831 e. The fourth-order valence-corrected chi connectivity index (χ4v) is 3.15. The molecule has 2 fully saturated rings. The zero-order valence-corrected chi connectivity index (χ0v) is 10.2. The van der Waals surface area contributed by atoms with Crippen LogP contribution in [0, 0.1) is 11.8 Å². The molecule has 2 heteroatoms. The van der Waals surface area contributed by atoms with Crippen LogP contribution in [0.4, 0.5) is 0 Å². The molecule has 0 aromatic rings. The highest BCUT2D eigenvalue weighted by Crippen LogP contribution is 2.42. The predicted molar refractivity (Wildman–Crippen MR) is 62.7 cm³/mol. The molecule has 1 unspecified atom stereocenters. The second-order valence-electron chi connectivity index (χ2n) is 5.67. The van der Waals surface area contributed by atoms with E-state index >= 15 is 0 Å². The highest BCUT2D eigenvalue weighted by Gasteiger charge is 2.44. The average molecular weight is 211 g/mol. The Balaban J connectivity index is 2.00. The second-order valence-corrected chi connectivity index (χ2v) is 5.67. The molecule has 0 amide bonds. The van der Waals surface area contributed by atoms with E-state index in [1.165, 1.54) is 44.9 Å². The van der Waals surface area contributed by atoms with Gasteiger partial charge >= 0.3 is 0 Å². The molecule has 2 nitrogen and oxygen atoms in total. The summed E-state index contributed by atoms with van der Waals surface area (Å²) < 4.78 is 5.82. The molecule has 0 bridgehead atoms. The van der Waals surface area contributed by atoms with Crippen molar-refractivity contribution in [3.05, 3.63) is 0 Å². The summed E-state index contributed by atoms with van der Waals surface area (Å²) in [5.74, 6) is 1.60. The fraction of sp³-hybridized carbons (Fsp3) is 1.00. The van der Waals surface area contributed by atoms with Gasteiger partial charge in [0.15, 0.2) is 0 Å². The van der Waals surface area contributed by atoms with Crippen LogP contribution in [0.5, 0.6) is 0 Å². The molecular formula is C13H25NO. The standard InChI is InChI=1S/C13H25NO/c1-10-6-8-13(15-2,9-7-10)12(14)11-4-3-5-11/h10-12H,3-9,14H2,1-2H3. The number of nitrogens with two attached hydrogens (primary N) is 1. The van der Waals surface area contributed by atoms with Gasteiger partial charge in [0.2, 0.25) is 0 Å². The molecule has 0 saturated heterocycles. The van der Waals surface area contributed by atoms with Crippen molar-refractivity contribution in [3.8, 4) is 0 Å². The lowest BCUT2D eigenvalue weighted by Gasteiger charge is -2.47. The Labute approximate surface area is 93.6 Å². The Hall–Kier alpha value is -0.0800. The van der Waals surface area contributed by atoms with Crippen molar-refractivity contribution in [2.75, 3.05) is 7.11 Å². The fourth-order valence-electron chi connectivity index (χ4n) is 3.15. The van der Waals surface area contributed by atoms with Gasteiger partial charge in [0.05, 0.1) is 5.60 Å². The number of hydrogen-bond donors (Lipinski definition) is 1. The maximum atomic E-state index is 6.42. The minimum atomic E-state index is 0.0115. The lowest BCUT2D eigenvalue weighted by molar-refractivity contribution is -0.0862. The normalized spacial score (nSPS) is 39.8. The average Bonchev–Trinajstić information content (AvgIpc) is 2.17. The van der Waals surface area contributed by atoms with Crippen molar-refractivity contribution in [1.82, 2.24) is 0 Å². The topological polar surface area (TPSA) is 35.2 Å². The molecule has 2 N–H and O–H groups in total. The lowest BCUT2D eigenvalue weighted by Crippen LogP contribution is -2.56. The van der Waals surface area contributed by atoms with Crippen molar-refractivity contribution in [3.63, 3.8) is 0 Å². The molecule has 88 valence electrons. The van der Waals surface area contributed by atoms with E-state index in [1.54, 1.807) is 0 Å². The van der Waals surface area contributed by atoms with E-state index in [0.717, 1.165) is 11.8 Å². The molecule has 15 heavy (non-hydrogen) atoms. The van der Waals surface area contributed by atoms with E-state index in [-0.39, 0.29) is 11.6 Å². The molecule has 2 aliphatic carbocycles. The Kier molecular flexibility index (Phi) is 3.36. The molecule has 0 aromatic carbocycles. The number of hydrogen-bond acceptors (Lipinski definition) is 2. The number of methoxy groups -OCH3 is 1. The van der Waals surface area contributed by atoms with E-state index in [4.69, 9.17) is 10.5 Å². The van der Waals surface area contributed by atoms with Crippen LogP contribution in [0.15, 0.2) is 0 Å². The number of ether oxygens (including phenoxy) is 1. The van der Waals surface area contributed by atoms with E-state index in [0.29, 0.717) is 0 Å². The quantitative estimate of drug-likeness (QED) is 0.779. The van der Waals surface area contributed by atoms with Crippen molar-refractivity contribution < 1.29 is 4.74 Å². The molecule has 0 heterocycles. The van der Waals surface area contributed by atoms with Gasteiger partial charge in [-0.25, -0.2) is 0 Å². The van der Waals surface area contributed by atoms with Crippen molar-refractivity contribution in [2.24, 2.45) is 17.6 Å². The van der Waals surface area contributed by atoms with Crippen LogP contribution in [0.25, 0.3) is 0 Å². The summed E-state index contributed by atoms with van der Waals surface area (Å²) in [6.07, 6.45) is 8.92. The first kappa shape index (κ1) is 11.4. The van der Waals surface area contributed by atoms with E-state index in [9.17, 15) is 0 Å². The summed E-state index contributed by atoms with van der Waals surface area (Å²) >= 11 is 0. The lowest BCUT2D eigenvalue weighted by atomic mass is 9.67. The van der Waals surface area contributed by atoms with E-state index < -0.39 is 0 Å². The third-order valence-electron chi connectivity index (χ3n) is 4.79. The van der Waals surface area contributed by atoms with Crippen LogP contribution in [-0.2, 0) is 4.74 Å². The highest BCUT2D eigenvalue weighted by atomic mass is 16.5. The van der Waals surface area contributed by atoms with Crippen molar-refractivity contribution in [2.45, 2.75) is 63.5 Å². The Morgan fingerprint density at radius 1 is 1.20 bits per heavy atom. The van der Waals surface area contributed by atoms with Gasteiger partial charge in [-0.15, -0.1) is 0 Å². The van der Waals surface area contributed by atoms with Gasteiger partial charge in [-0.3, -0.25) is 0 Å². The first-order valence-electron chi connectivity index (χ1n) is 6.49. The van der Waals surface area contributed by atoms with Crippen LogP contribution < -0.4 is 5.73 Å². The van der Waals surface area contributed by atoms with E-state index in [2.05, 4.69) is 6.92 Å². The minimum Gasteiger partial charge on any atom is -0.377 e. The SMILES string of the molecule is COC1(C(N)C2CCC2)CCC(C)CC1. The van der Waals surface area contributed by atoms with Gasteiger partial charge in [-0.2, -0.15) is 0 Å². The summed E-state index contributed by atoms with van der Waals surface area (Å²) in [5, 5.41) is 0. The van der Waals surface area contributed by atoms with Gasteiger partial charge in [-0.05, 0) is 50.4 Å². The number of rotatable bonds is 3. The molecule has 0 aromatic heterocycles. The van der Waals surface area contributed by atoms with Gasteiger partial charge in [-0.1, -0.05) is 13.3 Å². The summed E-state index contributed by atoms with van der Waals surface area (Å²) in [4.78, 5) is 0. The Morgan fingerprint density at radius 3 is 2.20 bits per heavy atom. The minimum absolute atomic E-state index is 0.0115. The summed E-state index contributed by atoms with van der Waals surface area (Å²) in [6.45, 7) is 2.34. The van der Waals surface area contributed by atoms with Crippen LogP contribution >= 0.6 is 0 Å². The van der Waals surface area contributed by atoms with Gasteiger partial charge in [0.25, 0.3) is 0 Å². The zero-order chi connectivity index (χ0) is 10.9. The highest BCUT2D eigenvalue weighted by molar-refractivity contribution is 4.99. The molecule has 2 rings (SSSR count). The molecule has 0 spiro atoms. The maximum absolute atomic E-state index is 6.42. The van der Waals surface area contributed by atoms with E-state index in [1.807, 2.05) is 7.11 Å². The van der Waals surface area contributed by atoms with Gasteiger partial charge in [0, 0.05) is 13.2 Å². The Bertz CT molecular complexity index is 205. The molecule has 0 aliphatic heterocycles. The smallest absolute Gasteiger partial charge is 0.0831 e. The van der Waals surface area contributed by atoms with Crippen LogP contribution in [0.1, 0.15) is 51.9 Å². The molecule has 2 aliphatic rings. The molecule has 1 atom stereocenters.